The summed E-state index contributed by atoms with van der Waals surface area (Å²) < 4.78 is 0. The molecular weight excluding hydrogens is 294 g/mol. The van der Waals surface area contributed by atoms with Crippen molar-refractivity contribution in [3.05, 3.63) is 27.9 Å². The number of thioether (sulfide) groups is 1. The summed E-state index contributed by atoms with van der Waals surface area (Å²) in [4.78, 5) is 16.7. The van der Waals surface area contributed by atoms with E-state index in [0.29, 0.717) is 11.1 Å². The minimum absolute atomic E-state index is 0.113. The van der Waals surface area contributed by atoms with Gasteiger partial charge in [-0.3, -0.25) is 10.1 Å². The van der Waals surface area contributed by atoms with Gasteiger partial charge >= 0.3 is 0 Å². The van der Waals surface area contributed by atoms with Crippen molar-refractivity contribution in [2.45, 2.75) is 25.1 Å². The first-order valence-electron chi connectivity index (χ1n) is 6.47. The summed E-state index contributed by atoms with van der Waals surface area (Å²) in [5.41, 5.74) is 5.11. The van der Waals surface area contributed by atoms with Crippen molar-refractivity contribution in [3.63, 3.8) is 0 Å². The van der Waals surface area contributed by atoms with Gasteiger partial charge in [0.05, 0.1) is 4.92 Å². The van der Waals surface area contributed by atoms with Crippen molar-refractivity contribution in [1.29, 1.82) is 0 Å². The number of oxime groups is 1. The quantitative estimate of drug-likeness (QED) is 0.285. The number of nitro groups is 1. The lowest BCUT2D eigenvalue weighted by Gasteiger charge is -2.38. The zero-order valence-corrected chi connectivity index (χ0v) is 12.6. The molecule has 0 saturated carbocycles. The number of hydrogen-bond donors (Lipinski definition) is 2. The van der Waals surface area contributed by atoms with Crippen LogP contribution in [0.15, 0.2) is 17.3 Å². The predicted molar refractivity (Wildman–Crippen MR) is 82.1 cm³/mol. The average Bonchev–Trinajstić information content (AvgIpc) is 2.48. The molecule has 114 valence electrons. The fraction of sp³-hybridized carbons (Fsp3) is 0.500. The van der Waals surface area contributed by atoms with Gasteiger partial charge < -0.3 is 15.8 Å². The third kappa shape index (κ3) is 3.02. The normalized spacial score (nSPS) is 23.1. The Kier molecular flexibility index (Phi) is 4.51. The number of nitrogens with zero attached hydrogens (tertiary/aromatic N) is 4. The molecule has 0 amide bonds. The smallest absolute Gasteiger partial charge is 0.298 e. The van der Waals surface area contributed by atoms with E-state index in [4.69, 9.17) is 10.9 Å². The second-order valence-electron chi connectivity index (χ2n) is 4.79. The average molecular weight is 311 g/mol. The molecule has 2 atom stereocenters. The van der Waals surface area contributed by atoms with Gasteiger partial charge in [-0.2, -0.15) is 11.8 Å². The van der Waals surface area contributed by atoms with E-state index in [1.807, 2.05) is 11.8 Å². The van der Waals surface area contributed by atoms with Crippen molar-refractivity contribution < 1.29 is 10.1 Å². The maximum atomic E-state index is 11.0. The van der Waals surface area contributed by atoms with Crippen molar-refractivity contribution >= 4 is 29.1 Å². The van der Waals surface area contributed by atoms with Gasteiger partial charge in [0.25, 0.3) is 5.69 Å². The van der Waals surface area contributed by atoms with Crippen LogP contribution in [0.2, 0.25) is 0 Å². The number of amidine groups is 1. The van der Waals surface area contributed by atoms with Crippen LogP contribution in [0, 0.1) is 10.1 Å². The number of hydrogen-bond acceptors (Lipinski definition) is 7. The summed E-state index contributed by atoms with van der Waals surface area (Å²) in [5, 5.41) is 23.0. The van der Waals surface area contributed by atoms with Gasteiger partial charge in [0.15, 0.2) is 11.5 Å². The first kappa shape index (κ1) is 15.4. The summed E-state index contributed by atoms with van der Waals surface area (Å²) in [5.74, 6) is 1.20. The molecule has 1 saturated heterocycles. The Hall–Kier alpha value is -2.03. The molecule has 0 radical (unpaired) electrons. The van der Waals surface area contributed by atoms with Gasteiger partial charge in [-0.25, -0.2) is 4.98 Å². The minimum Gasteiger partial charge on any atom is -0.409 e. The van der Waals surface area contributed by atoms with E-state index in [1.165, 1.54) is 6.07 Å². The maximum Gasteiger partial charge on any atom is 0.298 e. The first-order valence-corrected chi connectivity index (χ1v) is 7.52. The lowest BCUT2D eigenvalue weighted by molar-refractivity contribution is -0.385. The Labute approximate surface area is 126 Å². The van der Waals surface area contributed by atoms with Crippen molar-refractivity contribution in [2.75, 3.05) is 17.2 Å². The van der Waals surface area contributed by atoms with Crippen molar-refractivity contribution in [2.24, 2.45) is 10.9 Å². The van der Waals surface area contributed by atoms with E-state index in [0.717, 1.165) is 12.3 Å². The number of pyridine rings is 1. The molecule has 2 unspecified atom stereocenters. The number of nitrogens with two attached hydrogens (primary N) is 1. The van der Waals surface area contributed by atoms with Crippen LogP contribution in [0.25, 0.3) is 0 Å². The Balaban J connectivity index is 2.44. The second-order valence-corrected chi connectivity index (χ2v) is 6.27. The number of aromatic nitrogens is 1. The van der Waals surface area contributed by atoms with Gasteiger partial charge in [0.1, 0.15) is 5.82 Å². The molecule has 8 nitrogen and oxygen atoms in total. The molecule has 3 N–H and O–H groups in total. The summed E-state index contributed by atoms with van der Waals surface area (Å²) in [7, 11) is 0. The van der Waals surface area contributed by atoms with E-state index in [2.05, 4.69) is 28.9 Å². The monoisotopic (exact) mass is 311 g/mol. The highest BCUT2D eigenvalue weighted by atomic mass is 32.2. The largest absolute Gasteiger partial charge is 0.409 e. The highest BCUT2D eigenvalue weighted by Gasteiger charge is 2.28. The van der Waals surface area contributed by atoms with E-state index in [1.54, 1.807) is 6.07 Å². The Morgan fingerprint density at radius 1 is 1.62 bits per heavy atom. The zero-order chi connectivity index (χ0) is 15.6. The van der Waals surface area contributed by atoms with Gasteiger partial charge in [0, 0.05) is 29.7 Å². The summed E-state index contributed by atoms with van der Waals surface area (Å²) in [6.07, 6.45) is 0. The topological polar surface area (TPSA) is 118 Å². The summed E-state index contributed by atoms with van der Waals surface area (Å²) in [6, 6.07) is 3.19. The molecule has 2 rings (SSSR count). The summed E-state index contributed by atoms with van der Waals surface area (Å²) >= 11 is 1.88. The molecule has 9 heteroatoms. The Bertz CT molecular complexity index is 580. The fourth-order valence-corrected chi connectivity index (χ4v) is 3.34. The molecule has 1 aliphatic rings. The first-order chi connectivity index (χ1) is 9.95. The van der Waals surface area contributed by atoms with Crippen LogP contribution >= 0.6 is 11.8 Å². The molecule has 0 aromatic carbocycles. The number of anilines is 1. The van der Waals surface area contributed by atoms with Gasteiger partial charge in [-0.05, 0) is 13.0 Å². The molecule has 0 spiro atoms. The third-order valence-corrected chi connectivity index (χ3v) is 4.92. The van der Waals surface area contributed by atoms with Gasteiger partial charge in [0.2, 0.25) is 0 Å². The standard InChI is InChI=1S/C12H17N5O3S/c1-7-8(2)21-6-5-16(7)10-4-3-9(17(19)20)11(14-10)12(13)15-18/h3-4,7-8,18H,5-6H2,1-2H3,(H2,13,15). The highest BCUT2D eigenvalue weighted by molar-refractivity contribution is 8.00. The fourth-order valence-electron chi connectivity index (χ4n) is 2.24. The van der Waals surface area contributed by atoms with E-state index < -0.39 is 4.92 Å². The van der Waals surface area contributed by atoms with Crippen molar-refractivity contribution in [3.8, 4) is 0 Å². The molecular formula is C12H17N5O3S. The lowest BCUT2D eigenvalue weighted by Crippen LogP contribution is -2.45. The van der Waals surface area contributed by atoms with Crippen LogP contribution in [0.4, 0.5) is 11.5 Å². The van der Waals surface area contributed by atoms with Gasteiger partial charge in [-0.15, -0.1) is 0 Å². The van der Waals surface area contributed by atoms with Crippen LogP contribution in [-0.2, 0) is 0 Å². The Morgan fingerprint density at radius 2 is 2.33 bits per heavy atom. The van der Waals surface area contributed by atoms with Crippen LogP contribution in [0.1, 0.15) is 19.5 Å². The number of rotatable bonds is 3. The van der Waals surface area contributed by atoms with Crippen LogP contribution in [-0.4, -0.2) is 44.5 Å². The predicted octanol–water partition coefficient (Wildman–Crippen LogP) is 1.41. The zero-order valence-electron chi connectivity index (χ0n) is 11.8. The highest BCUT2D eigenvalue weighted by Crippen LogP contribution is 2.29. The van der Waals surface area contributed by atoms with E-state index in [-0.39, 0.29) is 23.3 Å². The molecule has 1 aliphatic heterocycles. The third-order valence-electron chi connectivity index (χ3n) is 3.58. The Morgan fingerprint density at radius 3 is 2.95 bits per heavy atom. The van der Waals surface area contributed by atoms with E-state index >= 15 is 0 Å². The maximum absolute atomic E-state index is 11.0. The van der Waals surface area contributed by atoms with Crippen LogP contribution in [0.5, 0.6) is 0 Å². The SMILES string of the molecule is CC1SCCN(c2ccc([N+](=O)[O-])c(/C(N)=N/O)n2)C1C. The molecule has 1 aromatic rings. The van der Waals surface area contributed by atoms with E-state index in [9.17, 15) is 10.1 Å². The molecule has 0 bridgehead atoms. The molecule has 0 aliphatic carbocycles. The summed E-state index contributed by atoms with van der Waals surface area (Å²) in [6.45, 7) is 5.02. The van der Waals surface area contributed by atoms with Crippen molar-refractivity contribution in [1.82, 2.24) is 4.98 Å². The molecule has 1 fully saturated rings. The van der Waals surface area contributed by atoms with Crippen LogP contribution < -0.4 is 10.6 Å². The lowest BCUT2D eigenvalue weighted by atomic mass is 10.2. The molecule has 1 aromatic heterocycles. The molecule has 21 heavy (non-hydrogen) atoms. The van der Waals surface area contributed by atoms with Crippen LogP contribution in [0.3, 0.4) is 0 Å². The molecule has 2 heterocycles. The van der Waals surface area contributed by atoms with Gasteiger partial charge in [-0.1, -0.05) is 12.1 Å². The minimum atomic E-state index is -0.595. The second kappa shape index (κ2) is 6.17.